The Morgan fingerprint density at radius 1 is 1.12 bits per heavy atom. The fourth-order valence-corrected chi connectivity index (χ4v) is 3.60. The monoisotopic (exact) mass is 434 g/mol. The standard InChI is InChI=1S/C25H30N4O3/c1-19(2)21-6-8-23(9-7-21)32-18-29-11-10-24(27-29)25(30)26-22-5-3-4-20(16-22)17-28-12-14-31-15-13-28/h3-11,16,19H,12-15,17-18H2,1-2H3,(H,26,30). The van der Waals surface area contributed by atoms with Crippen LogP contribution in [-0.2, 0) is 18.0 Å². The minimum absolute atomic E-state index is 0.239. The summed E-state index contributed by atoms with van der Waals surface area (Å²) in [7, 11) is 0. The number of carbonyl (C=O) groups is 1. The Morgan fingerprint density at radius 2 is 1.91 bits per heavy atom. The molecule has 1 aliphatic heterocycles. The summed E-state index contributed by atoms with van der Waals surface area (Å²) in [5.74, 6) is 1.01. The molecule has 3 aromatic rings. The number of morpholine rings is 1. The molecule has 1 aliphatic rings. The summed E-state index contributed by atoms with van der Waals surface area (Å²) in [5, 5.41) is 7.28. The van der Waals surface area contributed by atoms with E-state index in [1.165, 1.54) is 5.56 Å². The van der Waals surface area contributed by atoms with Gasteiger partial charge in [0, 0.05) is 31.5 Å². The number of rotatable bonds is 8. The maximum absolute atomic E-state index is 12.6. The SMILES string of the molecule is CC(C)c1ccc(OCn2ccc(C(=O)Nc3cccc(CN4CCOCC4)c3)n2)cc1. The number of hydrogen-bond acceptors (Lipinski definition) is 5. The molecule has 2 heterocycles. The number of amides is 1. The van der Waals surface area contributed by atoms with Gasteiger partial charge in [-0.25, -0.2) is 4.68 Å². The first kappa shape index (κ1) is 22.0. The van der Waals surface area contributed by atoms with E-state index in [2.05, 4.69) is 47.4 Å². The summed E-state index contributed by atoms with van der Waals surface area (Å²) in [6.45, 7) is 8.80. The van der Waals surface area contributed by atoms with Crippen molar-refractivity contribution in [2.75, 3.05) is 31.6 Å². The molecule has 0 saturated carbocycles. The van der Waals surface area contributed by atoms with E-state index in [0.717, 1.165) is 49.8 Å². The molecule has 1 aromatic heterocycles. The predicted molar refractivity (Wildman–Crippen MR) is 124 cm³/mol. The first-order valence-electron chi connectivity index (χ1n) is 11.0. The Balaban J connectivity index is 1.31. The molecule has 32 heavy (non-hydrogen) atoms. The summed E-state index contributed by atoms with van der Waals surface area (Å²) in [6, 6.07) is 17.7. The van der Waals surface area contributed by atoms with Crippen LogP contribution in [0.2, 0.25) is 0 Å². The van der Waals surface area contributed by atoms with Gasteiger partial charge >= 0.3 is 0 Å². The van der Waals surface area contributed by atoms with E-state index >= 15 is 0 Å². The summed E-state index contributed by atoms with van der Waals surface area (Å²) < 4.78 is 12.8. The number of nitrogens with one attached hydrogen (secondary N) is 1. The molecule has 2 aromatic carbocycles. The second kappa shape index (κ2) is 10.4. The Hall–Kier alpha value is -3.16. The van der Waals surface area contributed by atoms with Crippen LogP contribution < -0.4 is 10.1 Å². The number of carbonyl (C=O) groups excluding carboxylic acids is 1. The van der Waals surface area contributed by atoms with Gasteiger partial charge in [0.15, 0.2) is 12.4 Å². The van der Waals surface area contributed by atoms with Gasteiger partial charge in [-0.2, -0.15) is 5.10 Å². The highest BCUT2D eigenvalue weighted by atomic mass is 16.5. The lowest BCUT2D eigenvalue weighted by Crippen LogP contribution is -2.35. The summed E-state index contributed by atoms with van der Waals surface area (Å²) in [6.07, 6.45) is 1.74. The average molecular weight is 435 g/mol. The van der Waals surface area contributed by atoms with Crippen LogP contribution in [0.4, 0.5) is 5.69 Å². The van der Waals surface area contributed by atoms with Crippen molar-refractivity contribution in [3.05, 3.63) is 77.6 Å². The molecule has 1 fully saturated rings. The highest BCUT2D eigenvalue weighted by Gasteiger charge is 2.13. The largest absolute Gasteiger partial charge is 0.471 e. The van der Waals surface area contributed by atoms with E-state index < -0.39 is 0 Å². The molecule has 0 radical (unpaired) electrons. The summed E-state index contributed by atoms with van der Waals surface area (Å²) in [4.78, 5) is 15.0. The minimum atomic E-state index is -0.242. The van der Waals surface area contributed by atoms with Crippen LogP contribution in [0.15, 0.2) is 60.8 Å². The molecule has 7 heteroatoms. The third-order valence-electron chi connectivity index (χ3n) is 5.48. The maximum atomic E-state index is 12.6. The second-order valence-corrected chi connectivity index (χ2v) is 8.28. The molecule has 168 valence electrons. The minimum Gasteiger partial charge on any atom is -0.471 e. The highest BCUT2D eigenvalue weighted by molar-refractivity contribution is 6.02. The number of aromatic nitrogens is 2. The Morgan fingerprint density at radius 3 is 2.66 bits per heavy atom. The normalized spacial score (nSPS) is 14.5. The molecule has 1 saturated heterocycles. The van der Waals surface area contributed by atoms with Crippen LogP contribution in [0.3, 0.4) is 0 Å². The van der Waals surface area contributed by atoms with Crippen LogP contribution in [0.1, 0.15) is 41.4 Å². The number of benzene rings is 2. The van der Waals surface area contributed by atoms with Gasteiger partial charge in [0.05, 0.1) is 13.2 Å². The number of nitrogens with zero attached hydrogens (tertiary/aromatic N) is 3. The fourth-order valence-electron chi connectivity index (χ4n) is 3.60. The van der Waals surface area contributed by atoms with Crippen molar-refractivity contribution in [2.24, 2.45) is 0 Å². The summed E-state index contributed by atoms with van der Waals surface area (Å²) >= 11 is 0. The van der Waals surface area contributed by atoms with Crippen molar-refractivity contribution >= 4 is 11.6 Å². The third kappa shape index (κ3) is 5.96. The average Bonchev–Trinajstić information content (AvgIpc) is 3.28. The zero-order valence-electron chi connectivity index (χ0n) is 18.7. The quantitative estimate of drug-likeness (QED) is 0.577. The topological polar surface area (TPSA) is 68.6 Å². The van der Waals surface area contributed by atoms with Gasteiger partial charge in [0.25, 0.3) is 5.91 Å². The van der Waals surface area contributed by atoms with Gasteiger partial charge in [0.1, 0.15) is 5.75 Å². The third-order valence-corrected chi connectivity index (χ3v) is 5.48. The van der Waals surface area contributed by atoms with E-state index in [1.54, 1.807) is 16.9 Å². The molecule has 4 rings (SSSR count). The van der Waals surface area contributed by atoms with E-state index in [-0.39, 0.29) is 12.6 Å². The lowest BCUT2D eigenvalue weighted by Gasteiger charge is -2.26. The van der Waals surface area contributed by atoms with Gasteiger partial charge in [-0.3, -0.25) is 9.69 Å². The van der Waals surface area contributed by atoms with E-state index in [9.17, 15) is 4.79 Å². The van der Waals surface area contributed by atoms with Crippen molar-refractivity contribution in [1.29, 1.82) is 0 Å². The van der Waals surface area contributed by atoms with Gasteiger partial charge in [-0.1, -0.05) is 38.1 Å². The Kier molecular flexibility index (Phi) is 7.19. The van der Waals surface area contributed by atoms with Crippen molar-refractivity contribution in [3.63, 3.8) is 0 Å². The molecular weight excluding hydrogens is 404 g/mol. The van der Waals surface area contributed by atoms with E-state index in [0.29, 0.717) is 11.6 Å². The van der Waals surface area contributed by atoms with Gasteiger partial charge < -0.3 is 14.8 Å². The molecule has 1 N–H and O–H groups in total. The second-order valence-electron chi connectivity index (χ2n) is 8.28. The van der Waals surface area contributed by atoms with Crippen LogP contribution in [-0.4, -0.2) is 46.9 Å². The van der Waals surface area contributed by atoms with E-state index in [1.807, 2.05) is 30.3 Å². The van der Waals surface area contributed by atoms with Crippen LogP contribution in [0, 0.1) is 0 Å². The van der Waals surface area contributed by atoms with Crippen molar-refractivity contribution in [3.8, 4) is 5.75 Å². The Bertz CT molecular complexity index is 1020. The Labute approximate surface area is 188 Å². The zero-order valence-corrected chi connectivity index (χ0v) is 18.7. The smallest absolute Gasteiger partial charge is 0.276 e. The predicted octanol–water partition coefficient (Wildman–Crippen LogP) is 4.13. The van der Waals surface area contributed by atoms with E-state index in [4.69, 9.17) is 9.47 Å². The molecule has 0 unspecified atom stereocenters. The maximum Gasteiger partial charge on any atom is 0.276 e. The molecule has 7 nitrogen and oxygen atoms in total. The lowest BCUT2D eigenvalue weighted by atomic mass is 10.0. The fraction of sp³-hybridized carbons (Fsp3) is 0.360. The number of ether oxygens (including phenoxy) is 2. The lowest BCUT2D eigenvalue weighted by molar-refractivity contribution is 0.0342. The van der Waals surface area contributed by atoms with Crippen LogP contribution >= 0.6 is 0 Å². The van der Waals surface area contributed by atoms with Gasteiger partial charge in [-0.05, 0) is 47.4 Å². The molecule has 0 bridgehead atoms. The first-order valence-corrected chi connectivity index (χ1v) is 11.0. The first-order chi connectivity index (χ1) is 15.6. The molecular formula is C25H30N4O3. The van der Waals surface area contributed by atoms with Gasteiger partial charge in [-0.15, -0.1) is 0 Å². The van der Waals surface area contributed by atoms with Crippen LogP contribution in [0.25, 0.3) is 0 Å². The molecule has 0 aliphatic carbocycles. The number of anilines is 1. The van der Waals surface area contributed by atoms with Crippen molar-refractivity contribution in [1.82, 2.24) is 14.7 Å². The summed E-state index contributed by atoms with van der Waals surface area (Å²) in [5.41, 5.74) is 3.54. The molecule has 1 amide bonds. The van der Waals surface area contributed by atoms with Crippen molar-refractivity contribution < 1.29 is 14.3 Å². The zero-order chi connectivity index (χ0) is 22.3. The highest BCUT2D eigenvalue weighted by Crippen LogP contribution is 2.19. The van der Waals surface area contributed by atoms with Gasteiger partial charge in [0.2, 0.25) is 0 Å². The van der Waals surface area contributed by atoms with Crippen LogP contribution in [0.5, 0.6) is 5.75 Å². The number of hydrogen-bond donors (Lipinski definition) is 1. The van der Waals surface area contributed by atoms with Crippen molar-refractivity contribution in [2.45, 2.75) is 33.0 Å². The molecule has 0 spiro atoms. The molecule has 0 atom stereocenters.